The average Bonchev–Trinajstić information content (AvgIpc) is 2.41. The summed E-state index contributed by atoms with van der Waals surface area (Å²) < 4.78 is 25.0. The first-order chi connectivity index (χ1) is 7.70. The third-order valence-electron chi connectivity index (χ3n) is 2.53. The number of halogens is 1. The first-order valence-corrected chi connectivity index (χ1v) is 8.10. The minimum absolute atomic E-state index is 0.179. The summed E-state index contributed by atoms with van der Waals surface area (Å²) in [5, 5.41) is 4.30. The van der Waals surface area contributed by atoms with Gasteiger partial charge in [0.1, 0.15) is 9.84 Å². The van der Waals surface area contributed by atoms with Gasteiger partial charge in [-0.1, -0.05) is 0 Å². The maximum Gasteiger partial charge on any atom is 0.148 e. The molecule has 0 aromatic carbocycles. The van der Waals surface area contributed by atoms with Gasteiger partial charge in [-0.3, -0.25) is 9.58 Å². The summed E-state index contributed by atoms with van der Waals surface area (Å²) in [6.07, 6.45) is 1.25. The third kappa shape index (κ3) is 4.40. The smallest absolute Gasteiger partial charge is 0.148 e. The van der Waals surface area contributed by atoms with Crippen molar-refractivity contribution >= 4 is 25.8 Å². The van der Waals surface area contributed by atoms with Crippen molar-refractivity contribution in [2.24, 2.45) is 7.05 Å². The molecule has 5 nitrogen and oxygen atoms in total. The second-order valence-electron chi connectivity index (χ2n) is 4.34. The van der Waals surface area contributed by atoms with Crippen LogP contribution in [-0.4, -0.2) is 48.7 Å². The van der Waals surface area contributed by atoms with Gasteiger partial charge in [-0.05, 0) is 29.9 Å². The molecule has 0 saturated heterocycles. The monoisotopic (exact) mass is 323 g/mol. The van der Waals surface area contributed by atoms with E-state index in [1.807, 2.05) is 30.6 Å². The lowest BCUT2D eigenvalue weighted by molar-refractivity contribution is 0.335. The topological polar surface area (TPSA) is 55.2 Å². The number of sulfone groups is 1. The van der Waals surface area contributed by atoms with Crippen molar-refractivity contribution in [2.45, 2.75) is 13.5 Å². The fraction of sp³-hybridized carbons (Fsp3) is 0.700. The van der Waals surface area contributed by atoms with E-state index >= 15 is 0 Å². The molecule has 0 saturated carbocycles. The number of hydrogen-bond acceptors (Lipinski definition) is 4. The summed E-state index contributed by atoms with van der Waals surface area (Å²) in [6.45, 7) is 3.13. The van der Waals surface area contributed by atoms with E-state index in [4.69, 9.17) is 0 Å². The van der Waals surface area contributed by atoms with Gasteiger partial charge in [0.05, 0.1) is 21.6 Å². The first kappa shape index (κ1) is 14.7. The zero-order valence-corrected chi connectivity index (χ0v) is 13.0. The van der Waals surface area contributed by atoms with Crippen molar-refractivity contribution in [3.8, 4) is 0 Å². The summed E-state index contributed by atoms with van der Waals surface area (Å²) in [5.74, 6) is 0.179. The number of aryl methyl sites for hydroxylation is 2. The predicted octanol–water partition coefficient (Wildman–Crippen LogP) is 0.967. The largest absolute Gasteiger partial charge is 0.300 e. The maximum atomic E-state index is 11.1. The van der Waals surface area contributed by atoms with Crippen LogP contribution in [0.15, 0.2) is 4.47 Å². The van der Waals surface area contributed by atoms with E-state index in [0.29, 0.717) is 13.1 Å². The molecular weight excluding hydrogens is 306 g/mol. The van der Waals surface area contributed by atoms with E-state index < -0.39 is 9.84 Å². The zero-order valence-electron chi connectivity index (χ0n) is 10.6. The van der Waals surface area contributed by atoms with Crippen molar-refractivity contribution in [2.75, 3.05) is 25.6 Å². The normalized spacial score (nSPS) is 12.4. The second kappa shape index (κ2) is 5.49. The fourth-order valence-electron chi connectivity index (χ4n) is 1.51. The molecule has 0 aliphatic heterocycles. The van der Waals surface area contributed by atoms with Crippen LogP contribution < -0.4 is 0 Å². The van der Waals surface area contributed by atoms with Crippen molar-refractivity contribution in [3.05, 3.63) is 15.9 Å². The molecule has 0 atom stereocenters. The molecule has 1 aromatic heterocycles. The van der Waals surface area contributed by atoms with Crippen LogP contribution in [-0.2, 0) is 23.4 Å². The summed E-state index contributed by atoms with van der Waals surface area (Å²) in [7, 11) is 0.887. The highest BCUT2D eigenvalue weighted by molar-refractivity contribution is 9.10. The van der Waals surface area contributed by atoms with Crippen LogP contribution >= 0.6 is 15.9 Å². The van der Waals surface area contributed by atoms with E-state index in [2.05, 4.69) is 21.0 Å². The molecule has 1 heterocycles. The molecule has 0 unspecified atom stereocenters. The van der Waals surface area contributed by atoms with Crippen LogP contribution in [0.25, 0.3) is 0 Å². The van der Waals surface area contributed by atoms with E-state index in [1.165, 1.54) is 6.26 Å². The Morgan fingerprint density at radius 1 is 1.47 bits per heavy atom. The molecule has 7 heteroatoms. The number of rotatable bonds is 5. The molecule has 98 valence electrons. The molecule has 0 N–H and O–H groups in total. The Hall–Kier alpha value is -0.400. The first-order valence-electron chi connectivity index (χ1n) is 5.25. The Kier molecular flexibility index (Phi) is 4.74. The molecule has 0 spiro atoms. The Labute approximate surface area is 111 Å². The summed E-state index contributed by atoms with van der Waals surface area (Å²) in [5.41, 5.74) is 2.00. The van der Waals surface area contributed by atoms with Gasteiger partial charge >= 0.3 is 0 Å². The Morgan fingerprint density at radius 2 is 2.06 bits per heavy atom. The molecule has 0 bridgehead atoms. The molecule has 0 fully saturated rings. The number of nitrogens with zero attached hydrogens (tertiary/aromatic N) is 3. The maximum absolute atomic E-state index is 11.1. The van der Waals surface area contributed by atoms with Crippen LogP contribution in [0.4, 0.5) is 0 Å². The van der Waals surface area contributed by atoms with Crippen LogP contribution in [0.3, 0.4) is 0 Å². The van der Waals surface area contributed by atoms with E-state index in [0.717, 1.165) is 15.9 Å². The van der Waals surface area contributed by atoms with Gasteiger partial charge in [0, 0.05) is 26.4 Å². The van der Waals surface area contributed by atoms with E-state index in [1.54, 1.807) is 0 Å². The summed E-state index contributed by atoms with van der Waals surface area (Å²) in [4.78, 5) is 1.97. The molecule has 0 aliphatic carbocycles. The Balaban J connectivity index is 2.65. The fourth-order valence-corrected chi connectivity index (χ4v) is 2.61. The summed E-state index contributed by atoms with van der Waals surface area (Å²) in [6, 6.07) is 0. The minimum Gasteiger partial charge on any atom is -0.300 e. The SMILES string of the molecule is Cc1nn(C)c(CN(C)CCS(C)(=O)=O)c1Br. The standard InChI is InChI=1S/C10H18BrN3O2S/c1-8-10(11)9(14(3)12-8)7-13(2)5-6-17(4,15)16/h5-7H2,1-4H3. The molecule has 0 amide bonds. The van der Waals surface area contributed by atoms with Gasteiger partial charge in [0.15, 0.2) is 0 Å². The van der Waals surface area contributed by atoms with Gasteiger partial charge in [0.2, 0.25) is 0 Å². The van der Waals surface area contributed by atoms with Crippen LogP contribution in [0, 0.1) is 6.92 Å². The zero-order chi connectivity index (χ0) is 13.2. The third-order valence-corrected chi connectivity index (χ3v) is 4.48. The lowest BCUT2D eigenvalue weighted by Crippen LogP contribution is -2.26. The molecular formula is C10H18BrN3O2S. The quantitative estimate of drug-likeness (QED) is 0.810. The number of hydrogen-bond donors (Lipinski definition) is 0. The highest BCUT2D eigenvalue weighted by Crippen LogP contribution is 2.21. The van der Waals surface area contributed by atoms with Gasteiger partial charge in [0.25, 0.3) is 0 Å². The van der Waals surface area contributed by atoms with Crippen molar-refractivity contribution < 1.29 is 8.42 Å². The molecule has 0 aliphatic rings. The van der Waals surface area contributed by atoms with Gasteiger partial charge < -0.3 is 0 Å². The van der Waals surface area contributed by atoms with E-state index in [9.17, 15) is 8.42 Å². The van der Waals surface area contributed by atoms with Crippen molar-refractivity contribution in [1.82, 2.24) is 14.7 Å². The Morgan fingerprint density at radius 3 is 2.47 bits per heavy atom. The molecule has 1 rings (SSSR count). The highest BCUT2D eigenvalue weighted by atomic mass is 79.9. The second-order valence-corrected chi connectivity index (χ2v) is 7.39. The van der Waals surface area contributed by atoms with Crippen LogP contribution in [0.5, 0.6) is 0 Å². The molecule has 17 heavy (non-hydrogen) atoms. The predicted molar refractivity (Wildman–Crippen MR) is 71.7 cm³/mol. The van der Waals surface area contributed by atoms with Crippen LogP contribution in [0.1, 0.15) is 11.4 Å². The average molecular weight is 324 g/mol. The van der Waals surface area contributed by atoms with Crippen molar-refractivity contribution in [3.63, 3.8) is 0 Å². The number of aromatic nitrogens is 2. The summed E-state index contributed by atoms with van der Waals surface area (Å²) >= 11 is 3.49. The Bertz CT molecular complexity index is 496. The van der Waals surface area contributed by atoms with Crippen LogP contribution in [0.2, 0.25) is 0 Å². The molecule has 1 aromatic rings. The highest BCUT2D eigenvalue weighted by Gasteiger charge is 2.13. The lowest BCUT2D eigenvalue weighted by Gasteiger charge is -2.16. The van der Waals surface area contributed by atoms with Gasteiger partial charge in [-0.25, -0.2) is 8.42 Å². The molecule has 0 radical (unpaired) electrons. The lowest BCUT2D eigenvalue weighted by atomic mass is 10.3. The van der Waals surface area contributed by atoms with Crippen molar-refractivity contribution in [1.29, 1.82) is 0 Å². The van der Waals surface area contributed by atoms with Gasteiger partial charge in [-0.15, -0.1) is 0 Å². The van der Waals surface area contributed by atoms with E-state index in [-0.39, 0.29) is 5.75 Å². The minimum atomic E-state index is -2.90. The van der Waals surface area contributed by atoms with Gasteiger partial charge in [-0.2, -0.15) is 5.10 Å².